The van der Waals surface area contributed by atoms with Gasteiger partial charge in [0, 0.05) is 5.21 Å². The molecule has 0 atom stereocenters. The van der Waals surface area contributed by atoms with E-state index in [4.69, 9.17) is 0 Å². The minimum absolute atomic E-state index is 0.177. The van der Waals surface area contributed by atoms with Gasteiger partial charge >= 0.3 is 11.8 Å². The quantitative estimate of drug-likeness (QED) is 0.565. The van der Waals surface area contributed by atoms with Crippen LogP contribution in [0.4, 0.5) is 10.6 Å². The number of rotatable bonds is 3. The van der Waals surface area contributed by atoms with Gasteiger partial charge in [0.25, 0.3) is 0 Å². The number of carbonyl (C=O) groups is 1. The fourth-order valence-electron chi connectivity index (χ4n) is 1.43. The lowest BCUT2D eigenvalue weighted by Crippen LogP contribution is -2.22. The Bertz CT molecular complexity index is 574. The summed E-state index contributed by atoms with van der Waals surface area (Å²) in [5, 5.41) is 25.0. The molecule has 0 aromatic carbocycles. The smallest absolute Gasteiger partial charge is 0.358 e. The van der Waals surface area contributed by atoms with Gasteiger partial charge in [-0.1, -0.05) is 18.6 Å². The van der Waals surface area contributed by atoms with E-state index in [-0.39, 0.29) is 5.69 Å². The van der Waals surface area contributed by atoms with Crippen LogP contribution in [0.15, 0.2) is 12.4 Å². The molecule has 2 aromatic rings. The molecule has 2 aromatic heterocycles. The summed E-state index contributed by atoms with van der Waals surface area (Å²) >= 11 is 0. The maximum absolute atomic E-state index is 11.9. The van der Waals surface area contributed by atoms with E-state index in [1.165, 1.54) is 12.4 Å². The predicted octanol–water partition coefficient (Wildman–Crippen LogP) is 0.247. The summed E-state index contributed by atoms with van der Waals surface area (Å²) in [6.45, 7) is 1.85. The highest BCUT2D eigenvalue weighted by Crippen LogP contribution is 2.17. The Morgan fingerprint density at radius 2 is 2.28 bits per heavy atom. The molecule has 10 nitrogen and oxygen atoms in total. The second-order valence-corrected chi connectivity index (χ2v) is 3.41. The Labute approximate surface area is 100 Å². The van der Waals surface area contributed by atoms with Crippen molar-refractivity contribution in [2.45, 2.75) is 19.8 Å². The van der Waals surface area contributed by atoms with Crippen LogP contribution < -0.4 is 0 Å². The van der Waals surface area contributed by atoms with Gasteiger partial charge in [-0.15, -0.1) is 14.9 Å². The predicted molar refractivity (Wildman–Crippen MR) is 56.9 cm³/mol. The van der Waals surface area contributed by atoms with E-state index in [1.807, 2.05) is 6.92 Å². The number of aryl methyl sites for hydroxylation is 1. The Morgan fingerprint density at radius 3 is 2.83 bits per heavy atom. The van der Waals surface area contributed by atoms with Crippen LogP contribution in [0.25, 0.3) is 0 Å². The van der Waals surface area contributed by atoms with E-state index in [9.17, 15) is 14.9 Å². The first-order valence-electron chi connectivity index (χ1n) is 5.15. The van der Waals surface area contributed by atoms with E-state index in [1.54, 1.807) is 0 Å². The summed E-state index contributed by atoms with van der Waals surface area (Å²) in [7, 11) is 0. The van der Waals surface area contributed by atoms with E-state index < -0.39 is 16.8 Å². The highest BCUT2D eigenvalue weighted by Gasteiger charge is 2.30. The van der Waals surface area contributed by atoms with Crippen molar-refractivity contribution in [3.05, 3.63) is 28.2 Å². The third kappa shape index (κ3) is 1.95. The van der Waals surface area contributed by atoms with Gasteiger partial charge in [0.05, 0.1) is 12.4 Å². The molecule has 10 heteroatoms. The number of carbonyl (C=O) groups excluding carboxylic acids is 1. The summed E-state index contributed by atoms with van der Waals surface area (Å²) < 4.78 is 1.46. The molecule has 0 aliphatic heterocycles. The van der Waals surface area contributed by atoms with Crippen molar-refractivity contribution in [3.63, 3.8) is 0 Å². The van der Waals surface area contributed by atoms with Crippen LogP contribution in [0.3, 0.4) is 0 Å². The molecule has 0 unspecified atom stereocenters. The molecule has 0 aliphatic carbocycles. The molecule has 0 bridgehead atoms. The van der Waals surface area contributed by atoms with E-state index in [2.05, 4.69) is 20.6 Å². The lowest BCUT2D eigenvalue weighted by molar-refractivity contribution is -0.392. The van der Waals surface area contributed by atoms with Crippen LogP contribution in [0, 0.1) is 10.1 Å². The molecule has 0 amide bonds. The van der Waals surface area contributed by atoms with Gasteiger partial charge < -0.3 is 10.1 Å². The standard InChI is InChI=1S/C8H9N7O3/c1-2-3-6-7(15(17)18)14(12-10-6)8(16)13-5-4-9-11-13/h4-5H,2-3H2,1H3. The number of nitrogens with zero attached hydrogens (tertiary/aromatic N) is 7. The fraction of sp³-hybridized carbons (Fsp3) is 0.375. The third-order valence-corrected chi connectivity index (χ3v) is 2.17. The van der Waals surface area contributed by atoms with Crippen molar-refractivity contribution in [3.8, 4) is 0 Å². The second kappa shape index (κ2) is 4.69. The van der Waals surface area contributed by atoms with Crippen molar-refractivity contribution in [2.75, 3.05) is 0 Å². The van der Waals surface area contributed by atoms with Gasteiger partial charge in [-0.2, -0.15) is 0 Å². The number of hydrogen-bond acceptors (Lipinski definition) is 7. The Morgan fingerprint density at radius 1 is 1.50 bits per heavy atom. The zero-order chi connectivity index (χ0) is 13.1. The van der Waals surface area contributed by atoms with Crippen LogP contribution >= 0.6 is 0 Å². The van der Waals surface area contributed by atoms with Gasteiger partial charge in [-0.25, -0.2) is 4.79 Å². The monoisotopic (exact) mass is 251 g/mol. The SMILES string of the molecule is CCCc1nnn(C(=O)n2ccnn2)c1[N+](=O)[O-]. The number of nitro groups is 1. The van der Waals surface area contributed by atoms with Crippen LogP contribution in [-0.4, -0.2) is 40.9 Å². The maximum atomic E-state index is 11.9. The normalized spacial score (nSPS) is 10.5. The number of aromatic nitrogens is 6. The number of hydrogen-bond donors (Lipinski definition) is 0. The molecule has 2 rings (SSSR count). The van der Waals surface area contributed by atoms with E-state index in [0.29, 0.717) is 17.5 Å². The first kappa shape index (κ1) is 11.8. The van der Waals surface area contributed by atoms with Crippen LogP contribution in [-0.2, 0) is 6.42 Å². The molecular formula is C8H9N7O3. The zero-order valence-corrected chi connectivity index (χ0v) is 9.42. The topological polar surface area (TPSA) is 122 Å². The van der Waals surface area contributed by atoms with E-state index in [0.717, 1.165) is 4.68 Å². The molecule has 2 heterocycles. The minimum atomic E-state index is -0.797. The third-order valence-electron chi connectivity index (χ3n) is 2.17. The first-order chi connectivity index (χ1) is 8.65. The first-order valence-corrected chi connectivity index (χ1v) is 5.15. The van der Waals surface area contributed by atoms with Gasteiger partial charge in [0.1, 0.15) is 0 Å². The molecule has 0 fully saturated rings. The summed E-state index contributed by atoms with van der Waals surface area (Å²) in [6.07, 6.45) is 3.60. The second-order valence-electron chi connectivity index (χ2n) is 3.41. The molecule has 0 spiro atoms. The zero-order valence-electron chi connectivity index (χ0n) is 9.42. The molecule has 0 N–H and O–H groups in total. The Kier molecular flexibility index (Phi) is 3.08. The lowest BCUT2D eigenvalue weighted by atomic mass is 10.2. The molecule has 94 valence electrons. The fourth-order valence-corrected chi connectivity index (χ4v) is 1.43. The summed E-state index contributed by atoms with van der Waals surface area (Å²) in [4.78, 5) is 22.1. The Hall–Kier alpha value is -2.65. The molecule has 0 aliphatic rings. The molecule has 0 saturated carbocycles. The largest absolute Gasteiger partial charge is 0.464 e. The summed E-state index contributed by atoms with van der Waals surface area (Å²) in [5.74, 6) is -0.433. The van der Waals surface area contributed by atoms with Crippen LogP contribution in [0.2, 0.25) is 0 Å². The van der Waals surface area contributed by atoms with Gasteiger partial charge in [-0.05, 0) is 16.0 Å². The van der Waals surface area contributed by atoms with Crippen molar-refractivity contribution < 1.29 is 9.72 Å². The van der Waals surface area contributed by atoms with Gasteiger partial charge in [-0.3, -0.25) is 0 Å². The van der Waals surface area contributed by atoms with Gasteiger partial charge in [0.2, 0.25) is 0 Å². The summed E-state index contributed by atoms with van der Waals surface area (Å²) in [5.41, 5.74) is 0.177. The average molecular weight is 251 g/mol. The van der Waals surface area contributed by atoms with Crippen LogP contribution in [0.1, 0.15) is 19.0 Å². The van der Waals surface area contributed by atoms with Crippen molar-refractivity contribution in [2.24, 2.45) is 0 Å². The summed E-state index contributed by atoms with van der Waals surface area (Å²) in [6, 6.07) is -0.797. The lowest BCUT2D eigenvalue weighted by Gasteiger charge is -1.97. The average Bonchev–Trinajstić information content (AvgIpc) is 2.97. The van der Waals surface area contributed by atoms with Crippen molar-refractivity contribution in [1.29, 1.82) is 0 Å². The van der Waals surface area contributed by atoms with Crippen LogP contribution in [0.5, 0.6) is 0 Å². The van der Waals surface area contributed by atoms with Crippen molar-refractivity contribution >= 4 is 11.8 Å². The molecule has 0 saturated heterocycles. The minimum Gasteiger partial charge on any atom is -0.358 e. The van der Waals surface area contributed by atoms with Crippen molar-refractivity contribution in [1.82, 2.24) is 30.0 Å². The molecule has 18 heavy (non-hydrogen) atoms. The van der Waals surface area contributed by atoms with Gasteiger partial charge in [0.15, 0.2) is 5.69 Å². The Balaban J connectivity index is 2.45. The highest BCUT2D eigenvalue weighted by molar-refractivity contribution is 5.79. The maximum Gasteiger partial charge on any atom is 0.464 e. The molecular weight excluding hydrogens is 242 g/mol. The molecule has 0 radical (unpaired) electrons. The van der Waals surface area contributed by atoms with E-state index >= 15 is 0 Å². The highest BCUT2D eigenvalue weighted by atomic mass is 16.6.